The monoisotopic (exact) mass is 367 g/mol. The molecule has 2 aromatic carbocycles. The van der Waals surface area contributed by atoms with Crippen molar-refractivity contribution in [2.75, 3.05) is 19.0 Å². The maximum absolute atomic E-state index is 10.3. The van der Waals surface area contributed by atoms with Crippen molar-refractivity contribution < 1.29 is 5.11 Å². The molecule has 0 aromatic heterocycles. The highest BCUT2D eigenvalue weighted by molar-refractivity contribution is 14.1. The second-order valence-electron chi connectivity index (χ2n) is 4.83. The fraction of sp³-hybridized carbons (Fsp3) is 0.250. The fourth-order valence-electron chi connectivity index (χ4n) is 1.96. The summed E-state index contributed by atoms with van der Waals surface area (Å²) in [7, 11) is 4.02. The summed E-state index contributed by atoms with van der Waals surface area (Å²) in [6.07, 6.45) is 0.203. The smallest absolute Gasteiger partial charge is 0.0830 e. The van der Waals surface area contributed by atoms with Crippen molar-refractivity contribution in [1.29, 1.82) is 0 Å². The molecule has 0 spiro atoms. The Hall–Kier alpha value is -1.07. The average Bonchev–Trinajstić information content (AvgIpc) is 2.41. The van der Waals surface area contributed by atoms with Crippen LogP contribution < -0.4 is 4.90 Å². The Balaban J connectivity index is 2.07. The van der Waals surface area contributed by atoms with Gasteiger partial charge in [-0.15, -0.1) is 0 Å². The van der Waals surface area contributed by atoms with Crippen molar-refractivity contribution in [2.45, 2.75) is 12.5 Å². The number of aliphatic hydroxyl groups is 1. The predicted octanol–water partition coefficient (Wildman–Crippen LogP) is 3.63. The van der Waals surface area contributed by atoms with Gasteiger partial charge in [0.2, 0.25) is 0 Å². The summed E-state index contributed by atoms with van der Waals surface area (Å²) in [5.74, 6) is 0. The summed E-state index contributed by atoms with van der Waals surface area (Å²) in [6, 6.07) is 16.3. The topological polar surface area (TPSA) is 23.5 Å². The van der Waals surface area contributed by atoms with E-state index in [-0.39, 0.29) is 0 Å². The molecule has 0 fully saturated rings. The number of hydrogen-bond donors (Lipinski definition) is 1. The van der Waals surface area contributed by atoms with Crippen LogP contribution in [0.4, 0.5) is 5.69 Å². The van der Waals surface area contributed by atoms with E-state index < -0.39 is 6.10 Å². The third-order valence-electron chi connectivity index (χ3n) is 3.14. The van der Waals surface area contributed by atoms with Gasteiger partial charge in [-0.1, -0.05) is 24.3 Å². The minimum atomic E-state index is -0.448. The molecule has 0 saturated heterocycles. The first-order valence-electron chi connectivity index (χ1n) is 6.26. The van der Waals surface area contributed by atoms with E-state index in [9.17, 15) is 5.11 Å². The van der Waals surface area contributed by atoms with Crippen molar-refractivity contribution in [3.05, 3.63) is 63.2 Å². The zero-order chi connectivity index (χ0) is 13.8. The zero-order valence-electron chi connectivity index (χ0n) is 11.2. The Morgan fingerprint density at radius 2 is 1.58 bits per heavy atom. The summed E-state index contributed by atoms with van der Waals surface area (Å²) < 4.78 is 1.21. The Bertz CT molecular complexity index is 519. The van der Waals surface area contributed by atoms with Gasteiger partial charge in [-0.2, -0.15) is 0 Å². The van der Waals surface area contributed by atoms with Crippen molar-refractivity contribution in [3.8, 4) is 0 Å². The number of nitrogens with zero attached hydrogens (tertiary/aromatic N) is 1. The van der Waals surface area contributed by atoms with Crippen LogP contribution in [0.3, 0.4) is 0 Å². The van der Waals surface area contributed by atoms with E-state index in [4.69, 9.17) is 0 Å². The second kappa shape index (κ2) is 6.39. The highest BCUT2D eigenvalue weighted by atomic mass is 127. The molecular weight excluding hydrogens is 349 g/mol. The average molecular weight is 367 g/mol. The van der Waals surface area contributed by atoms with E-state index in [0.29, 0.717) is 6.42 Å². The van der Waals surface area contributed by atoms with E-state index in [1.165, 1.54) is 3.57 Å². The Labute approximate surface area is 128 Å². The van der Waals surface area contributed by atoms with Crippen molar-refractivity contribution in [1.82, 2.24) is 0 Å². The summed E-state index contributed by atoms with van der Waals surface area (Å²) in [6.45, 7) is 0. The number of aliphatic hydroxyl groups excluding tert-OH is 1. The summed E-state index contributed by atoms with van der Waals surface area (Å²) in [5, 5.41) is 10.3. The Morgan fingerprint density at radius 1 is 1.00 bits per heavy atom. The molecule has 2 nitrogen and oxygen atoms in total. The number of halogens is 1. The number of rotatable bonds is 4. The predicted molar refractivity (Wildman–Crippen MR) is 88.6 cm³/mol. The molecule has 0 aliphatic carbocycles. The van der Waals surface area contributed by atoms with Crippen LogP contribution in [0.25, 0.3) is 0 Å². The third kappa shape index (κ3) is 3.94. The molecule has 0 bridgehead atoms. The van der Waals surface area contributed by atoms with Gasteiger partial charge in [0.1, 0.15) is 0 Å². The van der Waals surface area contributed by atoms with Crippen molar-refractivity contribution >= 4 is 28.3 Å². The highest BCUT2D eigenvalue weighted by Crippen LogP contribution is 2.21. The van der Waals surface area contributed by atoms with Crippen LogP contribution in [0.15, 0.2) is 48.5 Å². The van der Waals surface area contributed by atoms with E-state index in [1.807, 2.05) is 38.4 Å². The van der Waals surface area contributed by atoms with Crippen LogP contribution in [-0.2, 0) is 6.42 Å². The van der Waals surface area contributed by atoms with Gasteiger partial charge in [0, 0.05) is 29.8 Å². The standard InChI is InChI=1S/C16H18INO/c1-18(2)15-9-5-13(6-10-15)16(19)11-12-3-7-14(17)8-4-12/h3-10,16,19H,11H2,1-2H3. The molecule has 1 atom stereocenters. The van der Waals surface area contributed by atoms with Crippen molar-refractivity contribution in [2.24, 2.45) is 0 Å². The number of benzene rings is 2. The Kier molecular flexibility index (Phi) is 4.82. The first-order valence-corrected chi connectivity index (χ1v) is 7.34. The molecule has 100 valence electrons. The molecule has 3 heteroatoms. The molecule has 1 N–H and O–H groups in total. The molecule has 0 aliphatic heterocycles. The first kappa shape index (κ1) is 14.3. The normalized spacial score (nSPS) is 12.2. The molecule has 2 aromatic rings. The number of hydrogen-bond acceptors (Lipinski definition) is 2. The van der Waals surface area contributed by atoms with Crippen LogP contribution in [0.1, 0.15) is 17.2 Å². The van der Waals surface area contributed by atoms with Gasteiger partial charge in [0.15, 0.2) is 0 Å². The van der Waals surface area contributed by atoms with Crippen LogP contribution in [0.2, 0.25) is 0 Å². The molecule has 0 amide bonds. The minimum absolute atomic E-state index is 0.448. The summed E-state index contributed by atoms with van der Waals surface area (Å²) in [4.78, 5) is 2.05. The molecular formula is C16H18INO. The molecule has 0 aliphatic rings. The summed E-state index contributed by atoms with van der Waals surface area (Å²) in [5.41, 5.74) is 3.26. The molecule has 0 heterocycles. The van der Waals surface area contributed by atoms with Gasteiger partial charge in [-0.25, -0.2) is 0 Å². The number of anilines is 1. The van der Waals surface area contributed by atoms with Gasteiger partial charge in [-0.05, 0) is 58.0 Å². The zero-order valence-corrected chi connectivity index (χ0v) is 13.3. The van der Waals surface area contributed by atoms with Gasteiger partial charge in [-0.3, -0.25) is 0 Å². The van der Waals surface area contributed by atoms with Gasteiger partial charge >= 0.3 is 0 Å². The molecule has 0 radical (unpaired) electrons. The fourth-order valence-corrected chi connectivity index (χ4v) is 2.32. The van der Waals surface area contributed by atoms with E-state index in [1.54, 1.807) is 0 Å². The maximum atomic E-state index is 10.3. The van der Waals surface area contributed by atoms with Gasteiger partial charge in [0.25, 0.3) is 0 Å². The lowest BCUT2D eigenvalue weighted by Crippen LogP contribution is -2.09. The van der Waals surface area contributed by atoms with Crippen LogP contribution in [0.5, 0.6) is 0 Å². The molecule has 19 heavy (non-hydrogen) atoms. The van der Waals surface area contributed by atoms with E-state index >= 15 is 0 Å². The Morgan fingerprint density at radius 3 is 2.11 bits per heavy atom. The lowest BCUT2D eigenvalue weighted by atomic mass is 10.0. The molecule has 0 saturated carbocycles. The first-order chi connectivity index (χ1) is 9.06. The van der Waals surface area contributed by atoms with Crippen molar-refractivity contribution in [3.63, 3.8) is 0 Å². The second-order valence-corrected chi connectivity index (χ2v) is 6.08. The lowest BCUT2D eigenvalue weighted by Gasteiger charge is -2.15. The molecule has 1 unspecified atom stereocenters. The summed E-state index contributed by atoms with van der Waals surface area (Å²) >= 11 is 2.28. The van der Waals surface area contributed by atoms with Crippen LogP contribution >= 0.6 is 22.6 Å². The quantitative estimate of drug-likeness (QED) is 0.835. The van der Waals surface area contributed by atoms with E-state index in [0.717, 1.165) is 16.8 Å². The maximum Gasteiger partial charge on any atom is 0.0830 e. The lowest BCUT2D eigenvalue weighted by molar-refractivity contribution is 0.178. The van der Waals surface area contributed by atoms with Gasteiger partial charge in [0.05, 0.1) is 6.10 Å². The SMILES string of the molecule is CN(C)c1ccc(C(O)Cc2ccc(I)cc2)cc1. The highest BCUT2D eigenvalue weighted by Gasteiger charge is 2.08. The van der Waals surface area contributed by atoms with Gasteiger partial charge < -0.3 is 10.0 Å². The van der Waals surface area contributed by atoms with Crippen LogP contribution in [-0.4, -0.2) is 19.2 Å². The largest absolute Gasteiger partial charge is 0.388 e. The molecule has 2 rings (SSSR count). The third-order valence-corrected chi connectivity index (χ3v) is 3.86. The minimum Gasteiger partial charge on any atom is -0.388 e. The van der Waals surface area contributed by atoms with E-state index in [2.05, 4.69) is 51.8 Å². The van der Waals surface area contributed by atoms with Crippen LogP contribution in [0, 0.1) is 3.57 Å².